The summed E-state index contributed by atoms with van der Waals surface area (Å²) in [5.41, 5.74) is -0.825. The second-order valence-corrected chi connectivity index (χ2v) is 5.21. The molecule has 6 heteroatoms. The standard InChI is InChI=1S/C11H18N2O4/c1-11(9(15)16)3-5-13(7-11)10(17)12-4-2-8(14)6-12/h8,14H,2-7H2,1H3,(H,15,16). The summed E-state index contributed by atoms with van der Waals surface area (Å²) in [5, 5.41) is 18.5. The first-order chi connectivity index (χ1) is 7.92. The van der Waals surface area contributed by atoms with E-state index >= 15 is 0 Å². The Morgan fingerprint density at radius 3 is 2.47 bits per heavy atom. The number of carboxylic acid groups (broad SMARTS) is 1. The highest BCUT2D eigenvalue weighted by Crippen LogP contribution is 2.31. The lowest BCUT2D eigenvalue weighted by Crippen LogP contribution is -2.43. The minimum atomic E-state index is -0.853. The van der Waals surface area contributed by atoms with Gasteiger partial charge in [0.05, 0.1) is 11.5 Å². The van der Waals surface area contributed by atoms with Crippen molar-refractivity contribution in [3.05, 3.63) is 0 Å². The molecule has 2 saturated heterocycles. The predicted octanol–water partition coefficient (Wildman–Crippen LogP) is -0.0304. The monoisotopic (exact) mass is 242 g/mol. The van der Waals surface area contributed by atoms with Crippen LogP contribution in [0.5, 0.6) is 0 Å². The van der Waals surface area contributed by atoms with Crippen LogP contribution in [0.4, 0.5) is 4.79 Å². The highest BCUT2D eigenvalue weighted by Gasteiger charge is 2.43. The minimum absolute atomic E-state index is 0.147. The van der Waals surface area contributed by atoms with E-state index in [9.17, 15) is 14.7 Å². The SMILES string of the molecule is CC1(C(=O)O)CCN(C(=O)N2CCC(O)C2)C1. The first kappa shape index (κ1) is 12.2. The molecule has 0 spiro atoms. The van der Waals surface area contributed by atoms with Gasteiger partial charge in [0.2, 0.25) is 0 Å². The highest BCUT2D eigenvalue weighted by molar-refractivity contribution is 5.79. The molecule has 0 bridgehead atoms. The smallest absolute Gasteiger partial charge is 0.320 e. The van der Waals surface area contributed by atoms with E-state index in [1.807, 2.05) is 0 Å². The number of rotatable bonds is 1. The first-order valence-electron chi connectivity index (χ1n) is 5.88. The van der Waals surface area contributed by atoms with E-state index in [1.54, 1.807) is 16.7 Å². The molecule has 2 fully saturated rings. The number of nitrogens with zero attached hydrogens (tertiary/aromatic N) is 2. The Morgan fingerprint density at radius 2 is 2.00 bits per heavy atom. The first-order valence-corrected chi connectivity index (χ1v) is 5.88. The third-order valence-electron chi connectivity index (χ3n) is 3.69. The highest BCUT2D eigenvalue weighted by atomic mass is 16.4. The van der Waals surface area contributed by atoms with Gasteiger partial charge in [0.25, 0.3) is 0 Å². The van der Waals surface area contributed by atoms with Gasteiger partial charge in [0, 0.05) is 26.2 Å². The molecule has 0 aromatic heterocycles. The zero-order valence-electron chi connectivity index (χ0n) is 9.93. The molecule has 0 aromatic carbocycles. The molecule has 0 aliphatic carbocycles. The predicted molar refractivity (Wildman–Crippen MR) is 59.5 cm³/mol. The number of aliphatic hydroxyl groups is 1. The summed E-state index contributed by atoms with van der Waals surface area (Å²) in [6, 6.07) is -0.147. The van der Waals surface area contributed by atoms with E-state index in [1.165, 1.54) is 0 Å². The normalized spacial score (nSPS) is 33.2. The van der Waals surface area contributed by atoms with Gasteiger partial charge in [-0.1, -0.05) is 0 Å². The quantitative estimate of drug-likeness (QED) is 0.676. The maximum Gasteiger partial charge on any atom is 0.320 e. The summed E-state index contributed by atoms with van der Waals surface area (Å²) in [4.78, 5) is 26.3. The lowest BCUT2D eigenvalue weighted by molar-refractivity contribution is -0.147. The maximum absolute atomic E-state index is 12.1. The van der Waals surface area contributed by atoms with E-state index in [-0.39, 0.29) is 12.6 Å². The van der Waals surface area contributed by atoms with Gasteiger partial charge in [0.1, 0.15) is 0 Å². The Labute approximate surface area is 99.8 Å². The van der Waals surface area contributed by atoms with Crippen molar-refractivity contribution in [1.82, 2.24) is 9.80 Å². The van der Waals surface area contributed by atoms with E-state index in [2.05, 4.69) is 0 Å². The molecule has 2 N–H and O–H groups in total. The summed E-state index contributed by atoms with van der Waals surface area (Å²) in [6.07, 6.45) is 0.660. The molecule has 0 radical (unpaired) electrons. The summed E-state index contributed by atoms with van der Waals surface area (Å²) >= 11 is 0. The van der Waals surface area contributed by atoms with E-state index in [0.717, 1.165) is 0 Å². The van der Waals surface area contributed by atoms with Crippen LogP contribution < -0.4 is 0 Å². The maximum atomic E-state index is 12.1. The largest absolute Gasteiger partial charge is 0.481 e. The number of amides is 2. The summed E-state index contributed by atoms with van der Waals surface area (Å²) < 4.78 is 0. The molecule has 17 heavy (non-hydrogen) atoms. The molecule has 2 aliphatic heterocycles. The van der Waals surface area contributed by atoms with Gasteiger partial charge in [-0.2, -0.15) is 0 Å². The Balaban J connectivity index is 1.97. The second-order valence-electron chi connectivity index (χ2n) is 5.21. The molecule has 2 unspecified atom stereocenters. The zero-order chi connectivity index (χ0) is 12.6. The molecule has 0 saturated carbocycles. The fraction of sp³-hybridized carbons (Fsp3) is 0.818. The lowest BCUT2D eigenvalue weighted by atomic mass is 9.90. The Hall–Kier alpha value is -1.30. The molecular weight excluding hydrogens is 224 g/mol. The molecule has 2 aliphatic rings. The van der Waals surface area contributed by atoms with E-state index in [0.29, 0.717) is 32.5 Å². The number of hydrogen-bond donors (Lipinski definition) is 2. The third kappa shape index (κ3) is 2.22. The fourth-order valence-electron chi connectivity index (χ4n) is 2.41. The third-order valence-corrected chi connectivity index (χ3v) is 3.69. The minimum Gasteiger partial charge on any atom is -0.481 e. The van der Waals surface area contributed by atoms with Gasteiger partial charge < -0.3 is 20.0 Å². The second kappa shape index (κ2) is 4.18. The van der Waals surface area contributed by atoms with Crippen molar-refractivity contribution in [2.24, 2.45) is 5.41 Å². The number of hydrogen-bond acceptors (Lipinski definition) is 3. The average Bonchev–Trinajstić information content (AvgIpc) is 2.85. The topological polar surface area (TPSA) is 81.1 Å². The van der Waals surface area contributed by atoms with E-state index < -0.39 is 17.5 Å². The van der Waals surface area contributed by atoms with Crippen molar-refractivity contribution >= 4 is 12.0 Å². The van der Waals surface area contributed by atoms with Crippen molar-refractivity contribution in [3.8, 4) is 0 Å². The van der Waals surface area contributed by atoms with Crippen LogP contribution in [-0.4, -0.2) is 64.3 Å². The molecular formula is C11H18N2O4. The van der Waals surface area contributed by atoms with Crippen molar-refractivity contribution in [2.75, 3.05) is 26.2 Å². The Bertz CT molecular complexity index is 346. The van der Waals surface area contributed by atoms with Crippen molar-refractivity contribution in [2.45, 2.75) is 25.9 Å². The van der Waals surface area contributed by atoms with Crippen LogP contribution in [0.3, 0.4) is 0 Å². The molecule has 2 rings (SSSR count). The van der Waals surface area contributed by atoms with Gasteiger partial charge in [-0.25, -0.2) is 4.79 Å². The molecule has 96 valence electrons. The van der Waals surface area contributed by atoms with Gasteiger partial charge in [-0.05, 0) is 19.8 Å². The average molecular weight is 242 g/mol. The van der Waals surface area contributed by atoms with Gasteiger partial charge in [-0.3, -0.25) is 4.79 Å². The van der Waals surface area contributed by atoms with Crippen molar-refractivity contribution < 1.29 is 19.8 Å². The Morgan fingerprint density at radius 1 is 1.29 bits per heavy atom. The summed E-state index contributed by atoms with van der Waals surface area (Å²) in [6.45, 7) is 3.32. The molecule has 2 heterocycles. The number of β-amino-alcohol motifs (C(OH)–C–C–N with tert-alkyl or cyclic N) is 1. The van der Waals surface area contributed by atoms with Crippen LogP contribution in [0, 0.1) is 5.41 Å². The number of urea groups is 1. The molecule has 2 atom stereocenters. The fourth-order valence-corrected chi connectivity index (χ4v) is 2.41. The van der Waals surface area contributed by atoms with Gasteiger partial charge in [-0.15, -0.1) is 0 Å². The molecule has 6 nitrogen and oxygen atoms in total. The Kier molecular flexibility index (Phi) is 2.99. The van der Waals surface area contributed by atoms with Crippen LogP contribution in [0.2, 0.25) is 0 Å². The van der Waals surface area contributed by atoms with Gasteiger partial charge >= 0.3 is 12.0 Å². The van der Waals surface area contributed by atoms with E-state index in [4.69, 9.17) is 5.11 Å². The number of aliphatic hydroxyl groups excluding tert-OH is 1. The van der Waals surface area contributed by atoms with Crippen LogP contribution in [0.25, 0.3) is 0 Å². The molecule has 0 aromatic rings. The zero-order valence-corrected chi connectivity index (χ0v) is 9.93. The number of carbonyl (C=O) groups excluding carboxylic acids is 1. The number of aliphatic carboxylic acids is 1. The van der Waals surface area contributed by atoms with Gasteiger partial charge in [0.15, 0.2) is 0 Å². The van der Waals surface area contributed by atoms with Crippen molar-refractivity contribution in [1.29, 1.82) is 0 Å². The molecule has 2 amide bonds. The summed E-state index contributed by atoms with van der Waals surface area (Å²) in [7, 11) is 0. The number of carbonyl (C=O) groups is 2. The number of carboxylic acids is 1. The number of likely N-dealkylation sites (tertiary alicyclic amines) is 2. The van der Waals surface area contributed by atoms with Crippen LogP contribution in [-0.2, 0) is 4.79 Å². The lowest BCUT2D eigenvalue weighted by Gasteiger charge is -2.25. The van der Waals surface area contributed by atoms with Crippen LogP contribution in [0.15, 0.2) is 0 Å². The summed E-state index contributed by atoms with van der Waals surface area (Å²) in [5.74, 6) is -0.853. The van der Waals surface area contributed by atoms with Crippen molar-refractivity contribution in [3.63, 3.8) is 0 Å². The van der Waals surface area contributed by atoms with Crippen LogP contribution in [0.1, 0.15) is 19.8 Å². The van der Waals surface area contributed by atoms with Crippen LogP contribution >= 0.6 is 0 Å².